The zero-order chi connectivity index (χ0) is 23.3. The van der Waals surface area contributed by atoms with E-state index in [4.69, 9.17) is 4.74 Å². The Morgan fingerprint density at radius 2 is 1.82 bits per heavy atom. The Kier molecular flexibility index (Phi) is 6.33. The fourth-order valence-corrected chi connectivity index (χ4v) is 4.30. The SMILES string of the molecule is COc1cccc(-n2nnc3c(N4CCN(C(=O)CCCc5ccccc5)CC4)ncnc32)c1. The van der Waals surface area contributed by atoms with Crippen LogP contribution in [-0.4, -0.2) is 69.1 Å². The molecule has 0 saturated carbocycles. The van der Waals surface area contributed by atoms with Crippen LogP contribution >= 0.6 is 0 Å². The number of hydrogen-bond acceptors (Lipinski definition) is 7. The van der Waals surface area contributed by atoms with E-state index in [-0.39, 0.29) is 5.91 Å². The summed E-state index contributed by atoms with van der Waals surface area (Å²) < 4.78 is 7.02. The maximum Gasteiger partial charge on any atom is 0.222 e. The average Bonchev–Trinajstić information content (AvgIpc) is 3.34. The fourth-order valence-electron chi connectivity index (χ4n) is 4.30. The second-order valence-electron chi connectivity index (χ2n) is 8.28. The van der Waals surface area contributed by atoms with Crippen LogP contribution in [0.4, 0.5) is 5.82 Å². The van der Waals surface area contributed by atoms with Gasteiger partial charge in [0.2, 0.25) is 5.91 Å². The molecule has 2 aromatic carbocycles. The summed E-state index contributed by atoms with van der Waals surface area (Å²) in [6, 6.07) is 17.9. The van der Waals surface area contributed by atoms with E-state index in [1.54, 1.807) is 18.1 Å². The van der Waals surface area contributed by atoms with Crippen molar-refractivity contribution in [1.29, 1.82) is 0 Å². The van der Waals surface area contributed by atoms with Crippen LogP contribution in [0.1, 0.15) is 18.4 Å². The number of rotatable bonds is 7. The highest BCUT2D eigenvalue weighted by Gasteiger charge is 2.24. The molecule has 0 spiro atoms. The molecule has 0 aliphatic carbocycles. The number of ether oxygens (including phenoxy) is 1. The van der Waals surface area contributed by atoms with Gasteiger partial charge in [-0.15, -0.1) is 5.10 Å². The summed E-state index contributed by atoms with van der Waals surface area (Å²) >= 11 is 0. The molecule has 5 rings (SSSR count). The zero-order valence-electron chi connectivity index (χ0n) is 19.2. The highest BCUT2D eigenvalue weighted by molar-refractivity contribution is 5.84. The maximum atomic E-state index is 12.7. The van der Waals surface area contributed by atoms with Crippen molar-refractivity contribution < 1.29 is 9.53 Å². The Morgan fingerprint density at radius 3 is 2.62 bits per heavy atom. The molecule has 9 heteroatoms. The lowest BCUT2D eigenvalue weighted by Crippen LogP contribution is -2.49. The summed E-state index contributed by atoms with van der Waals surface area (Å²) in [4.78, 5) is 25.7. The third kappa shape index (κ3) is 4.54. The molecule has 0 unspecified atom stereocenters. The molecular weight excluding hydrogens is 430 g/mol. The molecule has 1 saturated heterocycles. The fraction of sp³-hybridized carbons (Fsp3) is 0.320. The average molecular weight is 458 g/mol. The predicted octanol–water partition coefficient (Wildman–Crippen LogP) is 2.89. The summed E-state index contributed by atoms with van der Waals surface area (Å²) in [5.74, 6) is 1.70. The highest BCUT2D eigenvalue weighted by Crippen LogP contribution is 2.25. The van der Waals surface area contributed by atoms with Gasteiger partial charge in [0.15, 0.2) is 17.0 Å². The monoisotopic (exact) mass is 457 g/mol. The number of hydrogen-bond donors (Lipinski definition) is 0. The van der Waals surface area contributed by atoms with Gasteiger partial charge in [0.25, 0.3) is 0 Å². The van der Waals surface area contributed by atoms with E-state index in [0.717, 1.165) is 30.1 Å². The van der Waals surface area contributed by atoms with Crippen molar-refractivity contribution in [3.05, 3.63) is 66.5 Å². The molecule has 1 amide bonds. The van der Waals surface area contributed by atoms with Crippen molar-refractivity contribution >= 4 is 22.9 Å². The lowest BCUT2D eigenvalue weighted by molar-refractivity contribution is -0.131. The summed E-state index contributed by atoms with van der Waals surface area (Å²) in [7, 11) is 1.63. The molecule has 34 heavy (non-hydrogen) atoms. The predicted molar refractivity (Wildman–Crippen MR) is 129 cm³/mol. The van der Waals surface area contributed by atoms with Crippen molar-refractivity contribution in [1.82, 2.24) is 29.9 Å². The number of carbonyl (C=O) groups excluding carboxylic acids is 1. The first kappa shape index (κ1) is 21.8. The highest BCUT2D eigenvalue weighted by atomic mass is 16.5. The number of fused-ring (bicyclic) bond motifs is 1. The van der Waals surface area contributed by atoms with Crippen molar-refractivity contribution in [2.75, 3.05) is 38.2 Å². The van der Waals surface area contributed by atoms with Crippen LogP contribution in [0.2, 0.25) is 0 Å². The number of amides is 1. The van der Waals surface area contributed by atoms with E-state index in [2.05, 4.69) is 37.3 Å². The summed E-state index contributed by atoms with van der Waals surface area (Å²) in [6.07, 6.45) is 3.90. The number of anilines is 1. The molecule has 1 aliphatic rings. The van der Waals surface area contributed by atoms with Gasteiger partial charge in [-0.25, -0.2) is 9.97 Å². The van der Waals surface area contributed by atoms with Crippen LogP contribution < -0.4 is 9.64 Å². The van der Waals surface area contributed by atoms with Gasteiger partial charge in [0.1, 0.15) is 12.1 Å². The van der Waals surface area contributed by atoms with Crippen LogP contribution in [0.3, 0.4) is 0 Å². The maximum absolute atomic E-state index is 12.7. The van der Waals surface area contributed by atoms with E-state index in [9.17, 15) is 4.79 Å². The molecule has 0 radical (unpaired) electrons. The number of aryl methyl sites for hydroxylation is 1. The Hall–Kier alpha value is -4.01. The van der Waals surface area contributed by atoms with Gasteiger partial charge in [-0.05, 0) is 30.5 Å². The Labute approximate surface area is 198 Å². The van der Waals surface area contributed by atoms with Gasteiger partial charge in [-0.1, -0.05) is 41.6 Å². The standard InChI is InChI=1S/C25H27N7O2/c1-34-21-11-6-10-20(17-21)32-25-23(28-29-32)24(26-18-27-25)31-15-13-30(14-16-31)22(33)12-5-9-19-7-3-2-4-8-19/h2-4,6-8,10-11,17-18H,5,9,12-16H2,1H3. The molecule has 0 bridgehead atoms. The number of piperazine rings is 1. The minimum atomic E-state index is 0.215. The topological polar surface area (TPSA) is 89.3 Å². The minimum absolute atomic E-state index is 0.215. The van der Waals surface area contributed by atoms with Crippen molar-refractivity contribution in [3.8, 4) is 11.4 Å². The molecule has 4 aromatic rings. The Morgan fingerprint density at radius 1 is 1.00 bits per heavy atom. The first-order valence-corrected chi connectivity index (χ1v) is 11.5. The van der Waals surface area contributed by atoms with E-state index in [1.807, 2.05) is 47.4 Å². The number of methoxy groups -OCH3 is 1. The summed E-state index contributed by atoms with van der Waals surface area (Å²) in [5.41, 5.74) is 3.37. The molecule has 9 nitrogen and oxygen atoms in total. The first-order chi connectivity index (χ1) is 16.7. The van der Waals surface area contributed by atoms with Crippen LogP contribution in [0.5, 0.6) is 5.75 Å². The minimum Gasteiger partial charge on any atom is -0.497 e. The number of nitrogens with zero attached hydrogens (tertiary/aromatic N) is 7. The third-order valence-electron chi connectivity index (χ3n) is 6.15. The van der Waals surface area contributed by atoms with Gasteiger partial charge in [0.05, 0.1) is 12.8 Å². The molecule has 174 valence electrons. The summed E-state index contributed by atoms with van der Waals surface area (Å²) in [6.45, 7) is 2.73. The molecule has 1 aliphatic heterocycles. The quantitative estimate of drug-likeness (QED) is 0.422. The van der Waals surface area contributed by atoms with E-state index < -0.39 is 0 Å². The molecule has 1 fully saturated rings. The van der Waals surface area contributed by atoms with Gasteiger partial charge in [-0.3, -0.25) is 4.79 Å². The normalized spacial score (nSPS) is 13.9. The van der Waals surface area contributed by atoms with Crippen LogP contribution in [0, 0.1) is 0 Å². The zero-order valence-corrected chi connectivity index (χ0v) is 19.2. The largest absolute Gasteiger partial charge is 0.497 e. The van der Waals surface area contributed by atoms with E-state index >= 15 is 0 Å². The Balaban J connectivity index is 1.23. The molecule has 2 aromatic heterocycles. The van der Waals surface area contributed by atoms with Gasteiger partial charge in [0, 0.05) is 38.7 Å². The van der Waals surface area contributed by atoms with Gasteiger partial charge < -0.3 is 14.5 Å². The van der Waals surface area contributed by atoms with Crippen molar-refractivity contribution in [3.63, 3.8) is 0 Å². The van der Waals surface area contributed by atoms with E-state index in [0.29, 0.717) is 43.8 Å². The lowest BCUT2D eigenvalue weighted by Gasteiger charge is -2.35. The smallest absolute Gasteiger partial charge is 0.222 e. The van der Waals surface area contributed by atoms with Crippen LogP contribution in [0.25, 0.3) is 16.9 Å². The van der Waals surface area contributed by atoms with Crippen LogP contribution in [0.15, 0.2) is 60.9 Å². The van der Waals surface area contributed by atoms with Crippen molar-refractivity contribution in [2.24, 2.45) is 0 Å². The molecule has 0 atom stereocenters. The molecular formula is C25H27N7O2. The van der Waals surface area contributed by atoms with Gasteiger partial charge in [-0.2, -0.15) is 4.68 Å². The summed E-state index contributed by atoms with van der Waals surface area (Å²) in [5, 5.41) is 8.69. The second kappa shape index (κ2) is 9.86. The molecule has 0 N–H and O–H groups in total. The van der Waals surface area contributed by atoms with Crippen molar-refractivity contribution in [2.45, 2.75) is 19.3 Å². The number of carbonyl (C=O) groups is 1. The third-order valence-corrected chi connectivity index (χ3v) is 6.15. The number of benzene rings is 2. The second-order valence-corrected chi connectivity index (χ2v) is 8.28. The molecule has 3 heterocycles. The Bertz CT molecular complexity index is 1270. The van der Waals surface area contributed by atoms with Gasteiger partial charge >= 0.3 is 0 Å². The first-order valence-electron chi connectivity index (χ1n) is 11.5. The van der Waals surface area contributed by atoms with E-state index in [1.165, 1.54) is 5.56 Å². The number of aromatic nitrogens is 5. The lowest BCUT2D eigenvalue weighted by atomic mass is 10.1. The van der Waals surface area contributed by atoms with Crippen LogP contribution in [-0.2, 0) is 11.2 Å².